The summed E-state index contributed by atoms with van der Waals surface area (Å²) in [5, 5.41) is 17.6. The highest BCUT2D eigenvalue weighted by atomic mass is 16.4. The van der Waals surface area contributed by atoms with Gasteiger partial charge in [0.25, 0.3) is 0 Å². The van der Waals surface area contributed by atoms with E-state index in [9.17, 15) is 9.90 Å². The first-order chi connectivity index (χ1) is 7.90. The van der Waals surface area contributed by atoms with Gasteiger partial charge in [-0.25, -0.2) is 4.79 Å². The van der Waals surface area contributed by atoms with Gasteiger partial charge in [-0.05, 0) is 54.5 Å². The largest absolute Gasteiger partial charge is 0.478 e. The zero-order valence-electron chi connectivity index (χ0n) is 12.4. The number of hydrogen-bond donors (Lipinski definition) is 2. The van der Waals surface area contributed by atoms with Gasteiger partial charge in [0.2, 0.25) is 0 Å². The summed E-state index contributed by atoms with van der Waals surface area (Å²) in [7, 11) is 2.14. The molecule has 0 aromatic heterocycles. The van der Waals surface area contributed by atoms with Crippen LogP contribution in [0.4, 0.5) is 0 Å². The average molecular weight is 257 g/mol. The van der Waals surface area contributed by atoms with E-state index in [1.807, 2.05) is 0 Å². The number of aliphatic hydroxyl groups excluding tert-OH is 1. The van der Waals surface area contributed by atoms with Crippen LogP contribution < -0.4 is 0 Å². The highest BCUT2D eigenvalue weighted by Crippen LogP contribution is 2.36. The molecule has 1 saturated heterocycles. The number of carbonyl (C=O) groups is 1. The quantitative estimate of drug-likeness (QED) is 0.707. The Morgan fingerprint density at radius 1 is 1.22 bits per heavy atom. The second-order valence-electron chi connectivity index (χ2n) is 6.33. The Kier molecular flexibility index (Phi) is 5.56. The molecule has 1 fully saturated rings. The Morgan fingerprint density at radius 3 is 1.72 bits per heavy atom. The van der Waals surface area contributed by atoms with Crippen molar-refractivity contribution >= 4 is 5.97 Å². The van der Waals surface area contributed by atoms with Gasteiger partial charge in [0.15, 0.2) is 0 Å². The molecule has 1 aliphatic heterocycles. The van der Waals surface area contributed by atoms with Crippen molar-refractivity contribution in [2.45, 2.75) is 64.6 Å². The van der Waals surface area contributed by atoms with E-state index in [1.54, 1.807) is 0 Å². The molecule has 106 valence electrons. The predicted molar refractivity (Wildman–Crippen MR) is 73.6 cm³/mol. The molecular formula is C14H27NO3. The zero-order valence-corrected chi connectivity index (χ0v) is 12.4. The van der Waals surface area contributed by atoms with Gasteiger partial charge in [-0.15, -0.1) is 0 Å². The van der Waals surface area contributed by atoms with E-state index in [2.05, 4.69) is 46.2 Å². The SMILES string of the molecule is C=C(C)C(=O)O.CN1C(C)(C)CC(O)CC1(C)C. The number of carboxylic acids is 1. The van der Waals surface area contributed by atoms with Crippen LogP contribution in [-0.4, -0.2) is 45.3 Å². The van der Waals surface area contributed by atoms with E-state index in [4.69, 9.17) is 5.11 Å². The van der Waals surface area contributed by atoms with Crippen LogP contribution in [0.15, 0.2) is 12.2 Å². The summed E-state index contributed by atoms with van der Waals surface area (Å²) in [6, 6.07) is 0. The molecule has 0 saturated carbocycles. The molecule has 0 unspecified atom stereocenters. The molecule has 4 nitrogen and oxygen atoms in total. The van der Waals surface area contributed by atoms with Gasteiger partial charge < -0.3 is 10.2 Å². The molecule has 0 bridgehead atoms. The summed E-state index contributed by atoms with van der Waals surface area (Å²) in [6.45, 7) is 13.4. The van der Waals surface area contributed by atoms with Gasteiger partial charge >= 0.3 is 5.97 Å². The van der Waals surface area contributed by atoms with Crippen LogP contribution in [0.1, 0.15) is 47.5 Å². The summed E-state index contributed by atoms with van der Waals surface area (Å²) >= 11 is 0. The number of carboxylic acid groups (broad SMARTS) is 1. The molecule has 1 aliphatic rings. The van der Waals surface area contributed by atoms with Crippen LogP contribution in [0.25, 0.3) is 0 Å². The minimum Gasteiger partial charge on any atom is -0.478 e. The van der Waals surface area contributed by atoms with E-state index in [0.29, 0.717) is 0 Å². The van der Waals surface area contributed by atoms with E-state index in [1.165, 1.54) is 6.92 Å². The Bertz CT molecular complexity index is 291. The van der Waals surface area contributed by atoms with Gasteiger partial charge in [0, 0.05) is 16.7 Å². The monoisotopic (exact) mass is 257 g/mol. The summed E-state index contributed by atoms with van der Waals surface area (Å²) in [4.78, 5) is 12.0. The molecule has 0 spiro atoms. The summed E-state index contributed by atoms with van der Waals surface area (Å²) in [5.41, 5.74) is 0.428. The Labute approximate surface area is 110 Å². The molecule has 0 atom stereocenters. The minimum absolute atomic E-state index is 0.126. The van der Waals surface area contributed by atoms with E-state index < -0.39 is 5.97 Å². The van der Waals surface area contributed by atoms with Crippen molar-refractivity contribution in [2.24, 2.45) is 0 Å². The second kappa shape index (κ2) is 5.85. The lowest BCUT2D eigenvalue weighted by molar-refractivity contribution is -0.132. The van der Waals surface area contributed by atoms with Crippen LogP contribution in [-0.2, 0) is 4.79 Å². The lowest BCUT2D eigenvalue weighted by Crippen LogP contribution is -2.59. The van der Waals surface area contributed by atoms with Crippen molar-refractivity contribution in [3.63, 3.8) is 0 Å². The van der Waals surface area contributed by atoms with Crippen LogP contribution in [0.5, 0.6) is 0 Å². The molecule has 0 radical (unpaired) electrons. The molecule has 1 heterocycles. The number of rotatable bonds is 1. The topological polar surface area (TPSA) is 60.8 Å². The fraction of sp³-hybridized carbons (Fsp3) is 0.786. The summed E-state index contributed by atoms with van der Waals surface area (Å²) < 4.78 is 0. The highest BCUT2D eigenvalue weighted by Gasteiger charge is 2.42. The standard InChI is InChI=1S/C10H21NO.C4H6O2/c1-9(2)6-8(12)7-10(3,4)11(9)5;1-3(2)4(5)6/h8,12H,6-7H2,1-5H3;1H2,2H3,(H,5,6). The fourth-order valence-corrected chi connectivity index (χ4v) is 2.32. The Balaban J connectivity index is 0.000000411. The van der Waals surface area contributed by atoms with E-state index in [0.717, 1.165) is 12.8 Å². The number of aliphatic carboxylic acids is 1. The van der Waals surface area contributed by atoms with Gasteiger partial charge in [-0.2, -0.15) is 0 Å². The molecule has 18 heavy (non-hydrogen) atoms. The number of piperidine rings is 1. The Morgan fingerprint density at radius 2 is 1.50 bits per heavy atom. The molecule has 0 aromatic carbocycles. The lowest BCUT2D eigenvalue weighted by Gasteiger charge is -2.52. The first-order valence-electron chi connectivity index (χ1n) is 6.21. The van der Waals surface area contributed by atoms with Crippen molar-refractivity contribution in [3.8, 4) is 0 Å². The number of nitrogens with zero attached hydrogens (tertiary/aromatic N) is 1. The lowest BCUT2D eigenvalue weighted by atomic mass is 9.79. The van der Waals surface area contributed by atoms with Crippen molar-refractivity contribution in [2.75, 3.05) is 7.05 Å². The van der Waals surface area contributed by atoms with E-state index >= 15 is 0 Å². The Hall–Kier alpha value is -0.870. The molecule has 4 heteroatoms. The molecular weight excluding hydrogens is 230 g/mol. The number of likely N-dealkylation sites (tertiary alicyclic amines) is 1. The molecule has 1 rings (SSSR count). The third-order valence-electron chi connectivity index (χ3n) is 3.65. The molecule has 0 amide bonds. The third kappa shape index (κ3) is 4.78. The smallest absolute Gasteiger partial charge is 0.330 e. The van der Waals surface area contributed by atoms with Gasteiger partial charge in [0.05, 0.1) is 6.10 Å². The van der Waals surface area contributed by atoms with Crippen molar-refractivity contribution < 1.29 is 15.0 Å². The maximum absolute atomic E-state index is 9.67. The van der Waals surface area contributed by atoms with Crippen LogP contribution in [0.2, 0.25) is 0 Å². The molecule has 0 aliphatic carbocycles. The maximum Gasteiger partial charge on any atom is 0.330 e. The maximum atomic E-state index is 9.67. The number of hydrogen-bond acceptors (Lipinski definition) is 3. The van der Waals surface area contributed by atoms with Gasteiger partial charge in [-0.3, -0.25) is 4.90 Å². The summed E-state index contributed by atoms with van der Waals surface area (Å²) in [5.74, 6) is -0.935. The van der Waals surface area contributed by atoms with E-state index in [-0.39, 0.29) is 22.8 Å². The zero-order chi connectivity index (χ0) is 14.7. The first kappa shape index (κ1) is 17.1. The first-order valence-corrected chi connectivity index (χ1v) is 6.21. The van der Waals surface area contributed by atoms with Crippen molar-refractivity contribution in [1.82, 2.24) is 4.90 Å². The third-order valence-corrected chi connectivity index (χ3v) is 3.65. The number of aliphatic hydroxyl groups is 1. The predicted octanol–water partition coefficient (Wildman–Crippen LogP) is 2.28. The molecule has 2 N–H and O–H groups in total. The molecule has 0 aromatic rings. The normalized spacial score (nSPS) is 22.8. The summed E-state index contributed by atoms with van der Waals surface area (Å²) in [6.07, 6.45) is 1.63. The van der Waals surface area contributed by atoms with Gasteiger partial charge in [0.1, 0.15) is 0 Å². The fourth-order valence-electron chi connectivity index (χ4n) is 2.32. The van der Waals surface area contributed by atoms with Crippen LogP contribution >= 0.6 is 0 Å². The average Bonchev–Trinajstić information content (AvgIpc) is 2.13. The van der Waals surface area contributed by atoms with Gasteiger partial charge in [-0.1, -0.05) is 6.58 Å². The van der Waals surface area contributed by atoms with Crippen molar-refractivity contribution in [3.05, 3.63) is 12.2 Å². The van der Waals surface area contributed by atoms with Crippen LogP contribution in [0, 0.1) is 0 Å². The minimum atomic E-state index is -0.935. The van der Waals surface area contributed by atoms with Crippen LogP contribution in [0.3, 0.4) is 0 Å². The second-order valence-corrected chi connectivity index (χ2v) is 6.33. The van der Waals surface area contributed by atoms with Crippen molar-refractivity contribution in [1.29, 1.82) is 0 Å². The highest BCUT2D eigenvalue weighted by molar-refractivity contribution is 5.84.